The van der Waals surface area contributed by atoms with Gasteiger partial charge in [-0.1, -0.05) is 17.7 Å². The Morgan fingerprint density at radius 1 is 1.25 bits per heavy atom. The van der Waals surface area contributed by atoms with Crippen LogP contribution in [0.2, 0.25) is 0 Å². The minimum absolute atomic E-state index is 0.00724. The number of aryl methyl sites for hydroxylation is 1. The quantitative estimate of drug-likeness (QED) is 0.727. The van der Waals surface area contributed by atoms with E-state index in [0.717, 1.165) is 5.56 Å². The molecule has 0 fully saturated rings. The number of rotatable bonds is 7. The third-order valence-electron chi connectivity index (χ3n) is 2.80. The molecular weight excluding hydrogens is 280 g/mol. The van der Waals surface area contributed by atoms with Crippen molar-refractivity contribution in [2.45, 2.75) is 36.9 Å². The minimum atomic E-state index is -1.33. The lowest BCUT2D eigenvalue weighted by Crippen LogP contribution is -2.25. The maximum atomic E-state index is 12.0. The van der Waals surface area contributed by atoms with Crippen molar-refractivity contribution in [2.75, 3.05) is 12.9 Å². The van der Waals surface area contributed by atoms with Gasteiger partial charge in [0, 0.05) is 11.3 Å². The first-order chi connectivity index (χ1) is 9.42. The number of carbonyl (C=O) groups is 1. The van der Waals surface area contributed by atoms with Crippen LogP contribution in [0.1, 0.15) is 18.4 Å². The first-order valence-electron chi connectivity index (χ1n) is 6.30. The summed E-state index contributed by atoms with van der Waals surface area (Å²) in [6.45, 7) is 1.94. The van der Waals surface area contributed by atoms with Gasteiger partial charge in [-0.05, 0) is 19.1 Å². The van der Waals surface area contributed by atoms with Gasteiger partial charge in [-0.15, -0.1) is 0 Å². The molecular formula is C14H20O5S. The van der Waals surface area contributed by atoms with Crippen LogP contribution < -0.4 is 0 Å². The number of hydrogen-bond acceptors (Lipinski definition) is 5. The molecule has 0 radical (unpaired) electrons. The zero-order valence-corrected chi connectivity index (χ0v) is 12.4. The van der Waals surface area contributed by atoms with Gasteiger partial charge < -0.3 is 14.9 Å². The van der Waals surface area contributed by atoms with Crippen LogP contribution in [0.4, 0.5) is 0 Å². The molecule has 1 aromatic carbocycles. The summed E-state index contributed by atoms with van der Waals surface area (Å²) >= 11 is 0. The van der Waals surface area contributed by atoms with Crippen molar-refractivity contribution in [3.8, 4) is 0 Å². The molecule has 2 N–H and O–H groups in total. The molecule has 0 aliphatic heterocycles. The van der Waals surface area contributed by atoms with E-state index in [1.807, 2.05) is 19.1 Å². The molecule has 112 valence electrons. The first kappa shape index (κ1) is 16.8. The molecule has 0 aromatic heterocycles. The molecule has 0 bridgehead atoms. The van der Waals surface area contributed by atoms with Crippen molar-refractivity contribution in [3.05, 3.63) is 29.8 Å². The predicted octanol–water partition coefficient (Wildman–Crippen LogP) is 0.778. The fraction of sp³-hybridized carbons (Fsp3) is 0.500. The fourth-order valence-electron chi connectivity index (χ4n) is 1.70. The Bertz CT molecular complexity index is 457. The van der Waals surface area contributed by atoms with Crippen LogP contribution in [0.25, 0.3) is 0 Å². The standard InChI is InChI=1S/C14H20O5S/c1-10-3-5-13(6-4-10)20(18)9-12(16)7-11(15)8-14(17)19-2/h3-6,11-12,15-16H,7-9H2,1-2H3/t11-,12+,20?/m0/s1. The number of aliphatic hydroxyl groups excluding tert-OH is 2. The van der Waals surface area contributed by atoms with Gasteiger partial charge in [0.1, 0.15) is 0 Å². The Kier molecular flexibility index (Phi) is 6.84. The van der Waals surface area contributed by atoms with E-state index in [1.165, 1.54) is 7.11 Å². The molecule has 0 aliphatic carbocycles. The Hall–Kier alpha value is -1.24. The number of methoxy groups -OCH3 is 1. The van der Waals surface area contributed by atoms with Crippen LogP contribution in [0.3, 0.4) is 0 Å². The normalized spacial score (nSPS) is 15.4. The summed E-state index contributed by atoms with van der Waals surface area (Å²) < 4.78 is 16.4. The van der Waals surface area contributed by atoms with Crippen molar-refractivity contribution in [3.63, 3.8) is 0 Å². The summed E-state index contributed by atoms with van der Waals surface area (Å²) in [7, 11) is -0.0959. The molecule has 0 aliphatic rings. The van der Waals surface area contributed by atoms with E-state index < -0.39 is 29.0 Å². The van der Waals surface area contributed by atoms with Gasteiger partial charge in [0.25, 0.3) is 0 Å². The molecule has 1 aromatic rings. The molecule has 1 unspecified atom stereocenters. The van der Waals surface area contributed by atoms with Crippen molar-refractivity contribution in [1.82, 2.24) is 0 Å². The first-order valence-corrected chi connectivity index (χ1v) is 7.62. The van der Waals surface area contributed by atoms with Gasteiger partial charge in [0.2, 0.25) is 0 Å². The minimum Gasteiger partial charge on any atom is -0.469 e. The Morgan fingerprint density at radius 2 is 1.85 bits per heavy atom. The maximum Gasteiger partial charge on any atom is 0.308 e. The van der Waals surface area contributed by atoms with Crippen molar-refractivity contribution >= 4 is 16.8 Å². The van der Waals surface area contributed by atoms with E-state index >= 15 is 0 Å². The predicted molar refractivity (Wildman–Crippen MR) is 75.7 cm³/mol. The molecule has 0 heterocycles. The van der Waals surface area contributed by atoms with Gasteiger partial charge in [-0.25, -0.2) is 0 Å². The average molecular weight is 300 g/mol. The lowest BCUT2D eigenvalue weighted by molar-refractivity contribution is -0.143. The van der Waals surface area contributed by atoms with E-state index in [-0.39, 0.29) is 18.6 Å². The van der Waals surface area contributed by atoms with Gasteiger partial charge >= 0.3 is 5.97 Å². The third-order valence-corrected chi connectivity index (χ3v) is 4.29. The highest BCUT2D eigenvalue weighted by Gasteiger charge is 2.18. The molecule has 20 heavy (non-hydrogen) atoms. The van der Waals surface area contributed by atoms with Gasteiger partial charge in [0.05, 0.1) is 42.3 Å². The topological polar surface area (TPSA) is 83.8 Å². The Labute approximate surface area is 121 Å². The highest BCUT2D eigenvalue weighted by molar-refractivity contribution is 7.85. The second kappa shape index (κ2) is 8.14. The summed E-state index contributed by atoms with van der Waals surface area (Å²) in [5.41, 5.74) is 1.07. The SMILES string of the molecule is COC(=O)C[C@@H](O)C[C@@H](O)CS(=O)c1ccc(C)cc1. The largest absolute Gasteiger partial charge is 0.469 e. The molecule has 3 atom stereocenters. The number of carbonyl (C=O) groups excluding carboxylic acids is 1. The summed E-state index contributed by atoms with van der Waals surface area (Å²) in [5.74, 6) is -0.509. The molecule has 0 saturated carbocycles. The number of benzene rings is 1. The summed E-state index contributed by atoms with van der Waals surface area (Å²) in [6.07, 6.45) is -2.11. The Balaban J connectivity index is 2.45. The summed E-state index contributed by atoms with van der Waals surface area (Å²) in [6, 6.07) is 7.21. The lowest BCUT2D eigenvalue weighted by atomic mass is 10.1. The van der Waals surface area contributed by atoms with Gasteiger partial charge in [-0.2, -0.15) is 0 Å². The van der Waals surface area contributed by atoms with Crippen molar-refractivity contribution in [1.29, 1.82) is 0 Å². The van der Waals surface area contributed by atoms with Crippen molar-refractivity contribution < 1.29 is 24.0 Å². The number of esters is 1. The van der Waals surface area contributed by atoms with Gasteiger partial charge in [-0.3, -0.25) is 9.00 Å². The number of ether oxygens (including phenoxy) is 1. The molecule has 6 heteroatoms. The average Bonchev–Trinajstić information content (AvgIpc) is 2.38. The number of aliphatic hydroxyl groups is 2. The van der Waals surface area contributed by atoms with E-state index in [9.17, 15) is 19.2 Å². The number of hydrogen-bond donors (Lipinski definition) is 2. The highest BCUT2D eigenvalue weighted by atomic mass is 32.2. The van der Waals surface area contributed by atoms with Crippen LogP contribution >= 0.6 is 0 Å². The third kappa shape index (κ3) is 5.81. The fourth-order valence-corrected chi connectivity index (χ4v) is 2.82. The molecule has 1 rings (SSSR count). The summed E-state index contributed by atoms with van der Waals surface area (Å²) in [4.78, 5) is 11.6. The second-order valence-electron chi connectivity index (χ2n) is 4.65. The maximum absolute atomic E-state index is 12.0. The monoisotopic (exact) mass is 300 g/mol. The van der Waals surface area contributed by atoms with Crippen LogP contribution in [0.15, 0.2) is 29.2 Å². The van der Waals surface area contributed by atoms with E-state index in [1.54, 1.807) is 12.1 Å². The lowest BCUT2D eigenvalue weighted by Gasteiger charge is -2.14. The smallest absolute Gasteiger partial charge is 0.308 e. The Morgan fingerprint density at radius 3 is 2.40 bits per heavy atom. The highest BCUT2D eigenvalue weighted by Crippen LogP contribution is 2.12. The molecule has 0 spiro atoms. The van der Waals surface area contributed by atoms with Crippen LogP contribution in [-0.4, -0.2) is 45.5 Å². The summed E-state index contributed by atoms with van der Waals surface area (Å²) in [5, 5.41) is 19.4. The zero-order valence-electron chi connectivity index (χ0n) is 11.6. The van der Waals surface area contributed by atoms with Crippen molar-refractivity contribution in [2.24, 2.45) is 0 Å². The van der Waals surface area contributed by atoms with Crippen LogP contribution in [0, 0.1) is 6.92 Å². The second-order valence-corrected chi connectivity index (χ2v) is 6.14. The molecule has 5 nitrogen and oxygen atoms in total. The van der Waals surface area contributed by atoms with Crippen LogP contribution in [-0.2, 0) is 20.3 Å². The van der Waals surface area contributed by atoms with E-state index in [0.29, 0.717) is 4.90 Å². The molecule has 0 saturated heterocycles. The van der Waals surface area contributed by atoms with Gasteiger partial charge in [0.15, 0.2) is 0 Å². The molecule has 0 amide bonds. The van der Waals surface area contributed by atoms with E-state index in [2.05, 4.69) is 4.74 Å². The zero-order chi connectivity index (χ0) is 15.1. The van der Waals surface area contributed by atoms with E-state index in [4.69, 9.17) is 0 Å². The van der Waals surface area contributed by atoms with Crippen LogP contribution in [0.5, 0.6) is 0 Å².